The standard InChI is InChI=1S/C26H25N3O6S/c1-3-26(19-10-6-4-7-11-19)24(31)29(25(32)27-26)18-23(30)35-21-16-14-20(15-17-21)28(2)36(33,34)22-12-8-5-9-13-22/h4-17H,3,18H2,1-2H3,(H,27,32)/t26-/m1/s1. The van der Waals surface area contributed by atoms with E-state index in [1.807, 2.05) is 6.07 Å². The van der Waals surface area contributed by atoms with Crippen LogP contribution in [0.5, 0.6) is 5.75 Å². The molecule has 1 saturated heterocycles. The van der Waals surface area contributed by atoms with Gasteiger partial charge in [0.1, 0.15) is 17.8 Å². The van der Waals surface area contributed by atoms with Gasteiger partial charge in [0.2, 0.25) is 0 Å². The Morgan fingerprint density at radius 2 is 1.53 bits per heavy atom. The zero-order chi connectivity index (χ0) is 25.9. The van der Waals surface area contributed by atoms with Crippen molar-refractivity contribution in [2.45, 2.75) is 23.8 Å². The van der Waals surface area contributed by atoms with Crippen LogP contribution in [0, 0.1) is 0 Å². The Balaban J connectivity index is 1.44. The van der Waals surface area contributed by atoms with Crippen molar-refractivity contribution >= 4 is 33.6 Å². The van der Waals surface area contributed by atoms with Crippen molar-refractivity contribution in [3.05, 3.63) is 90.5 Å². The van der Waals surface area contributed by atoms with Crippen molar-refractivity contribution in [2.75, 3.05) is 17.9 Å². The molecule has 36 heavy (non-hydrogen) atoms. The van der Waals surface area contributed by atoms with Crippen LogP contribution < -0.4 is 14.4 Å². The summed E-state index contributed by atoms with van der Waals surface area (Å²) in [4.78, 5) is 39.3. The summed E-state index contributed by atoms with van der Waals surface area (Å²) in [5, 5.41) is 2.72. The van der Waals surface area contributed by atoms with Crippen LogP contribution in [0.2, 0.25) is 0 Å². The highest BCUT2D eigenvalue weighted by molar-refractivity contribution is 7.92. The maximum absolute atomic E-state index is 13.2. The Hall–Kier alpha value is -4.18. The Morgan fingerprint density at radius 1 is 0.944 bits per heavy atom. The van der Waals surface area contributed by atoms with E-state index >= 15 is 0 Å². The molecular formula is C26H25N3O6S. The fourth-order valence-electron chi connectivity index (χ4n) is 4.04. The molecule has 3 aromatic rings. The summed E-state index contributed by atoms with van der Waals surface area (Å²) in [6.07, 6.45) is 0.313. The molecule has 1 atom stereocenters. The number of esters is 1. The van der Waals surface area contributed by atoms with Crippen LogP contribution in [-0.4, -0.2) is 44.8 Å². The number of imide groups is 1. The normalized spacial score (nSPS) is 17.6. The number of carbonyl (C=O) groups excluding carboxylic acids is 3. The summed E-state index contributed by atoms with van der Waals surface area (Å²) in [5.74, 6) is -1.19. The molecule has 4 rings (SSSR count). The molecule has 0 spiro atoms. The van der Waals surface area contributed by atoms with E-state index in [9.17, 15) is 22.8 Å². The number of amides is 3. The molecule has 0 saturated carbocycles. The van der Waals surface area contributed by atoms with Crippen LogP contribution in [0.1, 0.15) is 18.9 Å². The molecule has 186 valence electrons. The van der Waals surface area contributed by atoms with Gasteiger partial charge in [0, 0.05) is 7.05 Å². The molecular weight excluding hydrogens is 482 g/mol. The van der Waals surface area contributed by atoms with Gasteiger partial charge in [-0.25, -0.2) is 18.0 Å². The molecule has 3 amide bonds. The minimum atomic E-state index is -3.76. The summed E-state index contributed by atoms with van der Waals surface area (Å²) in [5.41, 5.74) is -0.245. The number of urea groups is 1. The summed E-state index contributed by atoms with van der Waals surface area (Å²) >= 11 is 0. The van der Waals surface area contributed by atoms with E-state index in [2.05, 4.69) is 5.32 Å². The Bertz CT molecular complexity index is 1380. The lowest BCUT2D eigenvalue weighted by atomic mass is 9.87. The first-order valence-electron chi connectivity index (χ1n) is 11.2. The Labute approximate surface area is 209 Å². The zero-order valence-corrected chi connectivity index (χ0v) is 20.6. The molecule has 10 heteroatoms. The number of anilines is 1. The van der Waals surface area contributed by atoms with Gasteiger partial charge in [-0.2, -0.15) is 0 Å². The van der Waals surface area contributed by atoms with Gasteiger partial charge in [0.25, 0.3) is 15.9 Å². The van der Waals surface area contributed by atoms with Crippen molar-refractivity contribution in [1.29, 1.82) is 0 Å². The number of hydrogen-bond donors (Lipinski definition) is 1. The molecule has 0 bridgehead atoms. The lowest BCUT2D eigenvalue weighted by molar-refractivity contribution is -0.141. The summed E-state index contributed by atoms with van der Waals surface area (Å²) in [6, 6.07) is 22.1. The topological polar surface area (TPSA) is 113 Å². The number of sulfonamides is 1. The predicted molar refractivity (Wildman–Crippen MR) is 133 cm³/mol. The molecule has 1 aliphatic heterocycles. The van der Waals surface area contributed by atoms with Crippen LogP contribution >= 0.6 is 0 Å². The van der Waals surface area contributed by atoms with Gasteiger partial charge in [-0.1, -0.05) is 55.5 Å². The third kappa shape index (κ3) is 4.55. The Morgan fingerprint density at radius 3 is 2.11 bits per heavy atom. The molecule has 1 fully saturated rings. The van der Waals surface area contributed by atoms with Crippen LogP contribution in [0.3, 0.4) is 0 Å². The maximum Gasteiger partial charge on any atom is 0.331 e. The summed E-state index contributed by atoms with van der Waals surface area (Å²) in [7, 11) is -2.33. The molecule has 1 aliphatic rings. The molecule has 1 N–H and O–H groups in total. The second-order valence-electron chi connectivity index (χ2n) is 8.20. The second-order valence-corrected chi connectivity index (χ2v) is 10.2. The van der Waals surface area contributed by atoms with E-state index in [4.69, 9.17) is 4.74 Å². The number of nitrogens with one attached hydrogen (secondary N) is 1. The van der Waals surface area contributed by atoms with Gasteiger partial charge in [-0.3, -0.25) is 14.0 Å². The highest BCUT2D eigenvalue weighted by Gasteiger charge is 2.51. The number of ether oxygens (including phenoxy) is 1. The van der Waals surface area contributed by atoms with E-state index in [0.717, 1.165) is 9.21 Å². The first kappa shape index (κ1) is 24.9. The fourth-order valence-corrected chi connectivity index (χ4v) is 5.25. The minimum Gasteiger partial charge on any atom is -0.425 e. The number of benzene rings is 3. The van der Waals surface area contributed by atoms with Crippen molar-refractivity contribution < 1.29 is 27.5 Å². The molecule has 0 unspecified atom stereocenters. The largest absolute Gasteiger partial charge is 0.425 e. The molecule has 3 aromatic carbocycles. The van der Waals surface area contributed by atoms with Crippen molar-refractivity contribution in [2.24, 2.45) is 0 Å². The van der Waals surface area contributed by atoms with Gasteiger partial charge in [-0.15, -0.1) is 0 Å². The number of nitrogens with zero attached hydrogens (tertiary/aromatic N) is 2. The quantitative estimate of drug-likeness (QED) is 0.284. The van der Waals surface area contributed by atoms with E-state index in [1.165, 1.54) is 43.4 Å². The van der Waals surface area contributed by atoms with Gasteiger partial charge < -0.3 is 10.1 Å². The van der Waals surface area contributed by atoms with Crippen LogP contribution in [0.4, 0.5) is 10.5 Å². The number of hydrogen-bond acceptors (Lipinski definition) is 6. The third-order valence-corrected chi connectivity index (χ3v) is 7.89. The first-order chi connectivity index (χ1) is 17.2. The van der Waals surface area contributed by atoms with E-state index in [0.29, 0.717) is 17.7 Å². The van der Waals surface area contributed by atoms with Crippen molar-refractivity contribution in [1.82, 2.24) is 10.2 Å². The van der Waals surface area contributed by atoms with Crippen LogP contribution in [0.25, 0.3) is 0 Å². The molecule has 1 heterocycles. The smallest absolute Gasteiger partial charge is 0.331 e. The third-order valence-electron chi connectivity index (χ3n) is 6.09. The minimum absolute atomic E-state index is 0.145. The fraction of sp³-hybridized carbons (Fsp3) is 0.192. The van der Waals surface area contributed by atoms with E-state index < -0.39 is 40.0 Å². The van der Waals surface area contributed by atoms with Gasteiger partial charge in [-0.05, 0) is 48.4 Å². The molecule has 9 nitrogen and oxygen atoms in total. The lowest BCUT2D eigenvalue weighted by Crippen LogP contribution is -2.44. The monoisotopic (exact) mass is 507 g/mol. The average Bonchev–Trinajstić information content (AvgIpc) is 3.14. The molecule has 0 radical (unpaired) electrons. The zero-order valence-electron chi connectivity index (χ0n) is 19.7. The predicted octanol–water partition coefficient (Wildman–Crippen LogP) is 3.27. The lowest BCUT2D eigenvalue weighted by Gasteiger charge is -2.25. The highest BCUT2D eigenvalue weighted by Crippen LogP contribution is 2.32. The molecule has 0 aromatic heterocycles. The van der Waals surface area contributed by atoms with Crippen molar-refractivity contribution in [3.8, 4) is 5.75 Å². The van der Waals surface area contributed by atoms with Crippen LogP contribution in [0.15, 0.2) is 89.8 Å². The van der Waals surface area contributed by atoms with Crippen LogP contribution in [-0.2, 0) is 25.2 Å². The molecule has 0 aliphatic carbocycles. The summed E-state index contributed by atoms with van der Waals surface area (Å²) < 4.78 is 32.0. The SMILES string of the molecule is CC[C@]1(c2ccccc2)NC(=O)N(CC(=O)Oc2ccc(N(C)S(=O)(=O)c3ccccc3)cc2)C1=O. The maximum atomic E-state index is 13.2. The average molecular weight is 508 g/mol. The highest BCUT2D eigenvalue weighted by atomic mass is 32.2. The second kappa shape index (κ2) is 9.82. The Kier molecular flexibility index (Phi) is 6.80. The number of carbonyl (C=O) groups is 3. The first-order valence-corrected chi connectivity index (χ1v) is 12.7. The van der Waals surface area contributed by atoms with E-state index in [1.54, 1.807) is 49.4 Å². The summed E-state index contributed by atoms with van der Waals surface area (Å²) in [6.45, 7) is 1.22. The van der Waals surface area contributed by atoms with Gasteiger partial charge >= 0.3 is 12.0 Å². The van der Waals surface area contributed by atoms with Gasteiger partial charge in [0.05, 0.1) is 10.6 Å². The van der Waals surface area contributed by atoms with Gasteiger partial charge in [0.15, 0.2) is 0 Å². The van der Waals surface area contributed by atoms with E-state index in [-0.39, 0.29) is 10.6 Å². The number of rotatable bonds is 8. The van der Waals surface area contributed by atoms with Crippen molar-refractivity contribution in [3.63, 3.8) is 0 Å².